The van der Waals surface area contributed by atoms with E-state index in [2.05, 4.69) is 33.9 Å². The van der Waals surface area contributed by atoms with E-state index in [9.17, 15) is 4.79 Å². The summed E-state index contributed by atoms with van der Waals surface area (Å²) in [6, 6.07) is 10.9. The lowest BCUT2D eigenvalue weighted by atomic mass is 10.1. The van der Waals surface area contributed by atoms with Gasteiger partial charge in [-0.3, -0.25) is 9.69 Å². The Morgan fingerprint density at radius 1 is 1.10 bits per heavy atom. The van der Waals surface area contributed by atoms with Gasteiger partial charge in [0.15, 0.2) is 0 Å². The molecule has 1 aromatic carbocycles. The topological polar surface area (TPSA) is 40.5 Å². The average molecular weight is 301 g/mol. The standard InChI is InChI=1S/C17H19NO2S/c19-17(20)9-13-1-3-14(4-2-13)10-18(16-5-6-16)11-15-7-8-21-12-15/h1-4,7-8,12,16H,5-6,9-11H2,(H,19,20). The highest BCUT2D eigenvalue weighted by atomic mass is 32.1. The number of hydrogen-bond acceptors (Lipinski definition) is 3. The summed E-state index contributed by atoms with van der Waals surface area (Å²) >= 11 is 1.75. The van der Waals surface area contributed by atoms with Gasteiger partial charge in [0.2, 0.25) is 0 Å². The van der Waals surface area contributed by atoms with Crippen LogP contribution in [0.5, 0.6) is 0 Å². The predicted molar refractivity (Wildman–Crippen MR) is 84.4 cm³/mol. The number of benzene rings is 1. The van der Waals surface area contributed by atoms with Crippen molar-refractivity contribution in [3.8, 4) is 0 Å². The first-order valence-electron chi connectivity index (χ1n) is 7.25. The number of aliphatic carboxylic acids is 1. The first-order valence-corrected chi connectivity index (χ1v) is 8.20. The van der Waals surface area contributed by atoms with Crippen molar-refractivity contribution in [3.05, 3.63) is 57.8 Å². The zero-order chi connectivity index (χ0) is 14.7. The maximum Gasteiger partial charge on any atom is 0.307 e. The monoisotopic (exact) mass is 301 g/mol. The van der Waals surface area contributed by atoms with E-state index >= 15 is 0 Å². The van der Waals surface area contributed by atoms with Gasteiger partial charge in [0.1, 0.15) is 0 Å². The fourth-order valence-corrected chi connectivity index (χ4v) is 3.20. The van der Waals surface area contributed by atoms with Crippen LogP contribution in [0.2, 0.25) is 0 Å². The van der Waals surface area contributed by atoms with Crippen LogP contribution in [0.25, 0.3) is 0 Å². The Labute approximate surface area is 128 Å². The molecular formula is C17H19NO2S. The predicted octanol–water partition coefficient (Wildman–Crippen LogP) is 3.54. The Morgan fingerprint density at radius 2 is 1.76 bits per heavy atom. The van der Waals surface area contributed by atoms with E-state index in [1.54, 1.807) is 11.3 Å². The summed E-state index contributed by atoms with van der Waals surface area (Å²) < 4.78 is 0. The van der Waals surface area contributed by atoms with Crippen molar-refractivity contribution in [1.82, 2.24) is 4.90 Å². The molecule has 2 aromatic rings. The molecule has 0 aliphatic heterocycles. The minimum absolute atomic E-state index is 0.0987. The van der Waals surface area contributed by atoms with Crippen LogP contribution < -0.4 is 0 Å². The molecule has 1 N–H and O–H groups in total. The molecule has 1 fully saturated rings. The van der Waals surface area contributed by atoms with Gasteiger partial charge in [-0.1, -0.05) is 24.3 Å². The summed E-state index contributed by atoms with van der Waals surface area (Å²) in [5.74, 6) is -0.778. The number of rotatable bonds is 7. The fourth-order valence-electron chi connectivity index (χ4n) is 2.54. The van der Waals surface area contributed by atoms with E-state index in [1.807, 2.05) is 12.1 Å². The molecule has 0 bridgehead atoms. The molecule has 0 unspecified atom stereocenters. The molecule has 3 nitrogen and oxygen atoms in total. The number of carbonyl (C=O) groups is 1. The molecule has 1 saturated carbocycles. The van der Waals surface area contributed by atoms with E-state index in [-0.39, 0.29) is 6.42 Å². The van der Waals surface area contributed by atoms with Crippen LogP contribution in [0.4, 0.5) is 0 Å². The molecule has 21 heavy (non-hydrogen) atoms. The molecule has 1 aliphatic rings. The van der Waals surface area contributed by atoms with Gasteiger partial charge in [0.05, 0.1) is 6.42 Å². The van der Waals surface area contributed by atoms with Crippen molar-refractivity contribution in [2.75, 3.05) is 0 Å². The van der Waals surface area contributed by atoms with Crippen molar-refractivity contribution < 1.29 is 9.90 Å². The van der Waals surface area contributed by atoms with Crippen LogP contribution >= 0.6 is 11.3 Å². The van der Waals surface area contributed by atoms with Gasteiger partial charge in [0.25, 0.3) is 0 Å². The second-order valence-corrected chi connectivity index (χ2v) is 6.43. The number of carboxylic acid groups (broad SMARTS) is 1. The van der Waals surface area contributed by atoms with Gasteiger partial charge in [-0.15, -0.1) is 0 Å². The molecule has 1 aliphatic carbocycles. The molecule has 110 valence electrons. The summed E-state index contributed by atoms with van der Waals surface area (Å²) in [6.45, 7) is 1.94. The van der Waals surface area contributed by atoms with Crippen LogP contribution in [0.1, 0.15) is 29.5 Å². The Bertz CT molecular complexity index is 588. The second kappa shape index (κ2) is 6.41. The fraction of sp³-hybridized carbons (Fsp3) is 0.353. The van der Waals surface area contributed by atoms with Crippen LogP contribution in [0.3, 0.4) is 0 Å². The van der Waals surface area contributed by atoms with Gasteiger partial charge < -0.3 is 5.11 Å². The Morgan fingerprint density at radius 3 is 2.33 bits per heavy atom. The third-order valence-electron chi connectivity index (χ3n) is 3.79. The summed E-state index contributed by atoms with van der Waals surface area (Å²) in [7, 11) is 0. The number of hydrogen-bond donors (Lipinski definition) is 1. The normalized spacial score (nSPS) is 14.5. The molecule has 0 amide bonds. The summed E-state index contributed by atoms with van der Waals surface area (Å²) in [4.78, 5) is 13.2. The van der Waals surface area contributed by atoms with Gasteiger partial charge in [-0.05, 0) is 46.4 Å². The molecule has 0 saturated heterocycles. The minimum Gasteiger partial charge on any atom is -0.481 e. The highest BCUT2D eigenvalue weighted by Crippen LogP contribution is 2.30. The van der Waals surface area contributed by atoms with E-state index in [0.29, 0.717) is 6.04 Å². The molecule has 1 heterocycles. The van der Waals surface area contributed by atoms with Crippen LogP contribution in [-0.4, -0.2) is 22.0 Å². The van der Waals surface area contributed by atoms with Crippen LogP contribution in [0.15, 0.2) is 41.1 Å². The van der Waals surface area contributed by atoms with E-state index in [1.165, 1.54) is 24.0 Å². The average Bonchev–Trinajstić information content (AvgIpc) is 3.18. The lowest BCUT2D eigenvalue weighted by Gasteiger charge is -2.21. The lowest BCUT2D eigenvalue weighted by Crippen LogP contribution is -2.24. The lowest BCUT2D eigenvalue weighted by molar-refractivity contribution is -0.136. The van der Waals surface area contributed by atoms with Gasteiger partial charge in [-0.2, -0.15) is 11.3 Å². The highest BCUT2D eigenvalue weighted by Gasteiger charge is 2.28. The Balaban J connectivity index is 1.64. The largest absolute Gasteiger partial charge is 0.481 e. The molecule has 0 atom stereocenters. The van der Waals surface area contributed by atoms with E-state index in [0.717, 1.165) is 18.7 Å². The molecule has 4 heteroatoms. The smallest absolute Gasteiger partial charge is 0.307 e. The van der Waals surface area contributed by atoms with Gasteiger partial charge in [0, 0.05) is 19.1 Å². The minimum atomic E-state index is -0.778. The zero-order valence-electron chi connectivity index (χ0n) is 11.9. The Kier molecular flexibility index (Phi) is 4.36. The molecule has 3 rings (SSSR count). The van der Waals surface area contributed by atoms with Gasteiger partial charge in [-0.25, -0.2) is 0 Å². The number of nitrogens with zero attached hydrogens (tertiary/aromatic N) is 1. The summed E-state index contributed by atoms with van der Waals surface area (Å²) in [5.41, 5.74) is 3.50. The second-order valence-electron chi connectivity index (χ2n) is 5.65. The Hall–Kier alpha value is -1.65. The third kappa shape index (κ3) is 4.16. The number of thiophene rings is 1. The van der Waals surface area contributed by atoms with Gasteiger partial charge >= 0.3 is 5.97 Å². The third-order valence-corrected chi connectivity index (χ3v) is 4.53. The molecule has 0 radical (unpaired) electrons. The first kappa shape index (κ1) is 14.3. The quantitative estimate of drug-likeness (QED) is 0.850. The van der Waals surface area contributed by atoms with Crippen molar-refractivity contribution in [3.63, 3.8) is 0 Å². The van der Waals surface area contributed by atoms with E-state index in [4.69, 9.17) is 5.11 Å². The van der Waals surface area contributed by atoms with E-state index < -0.39 is 5.97 Å². The first-order chi connectivity index (χ1) is 10.2. The summed E-state index contributed by atoms with van der Waals surface area (Å²) in [5, 5.41) is 13.1. The maximum absolute atomic E-state index is 10.7. The van der Waals surface area contributed by atoms with Crippen molar-refractivity contribution in [2.45, 2.75) is 38.4 Å². The maximum atomic E-state index is 10.7. The van der Waals surface area contributed by atoms with Crippen LogP contribution in [-0.2, 0) is 24.3 Å². The number of carboxylic acids is 1. The molecular weight excluding hydrogens is 282 g/mol. The molecule has 1 aromatic heterocycles. The van der Waals surface area contributed by atoms with Crippen LogP contribution in [0, 0.1) is 0 Å². The highest BCUT2D eigenvalue weighted by molar-refractivity contribution is 7.07. The molecule has 0 spiro atoms. The SMILES string of the molecule is O=C(O)Cc1ccc(CN(Cc2ccsc2)C2CC2)cc1. The summed E-state index contributed by atoms with van der Waals surface area (Å²) in [6.07, 6.45) is 2.68. The van der Waals surface area contributed by atoms with Crippen molar-refractivity contribution in [2.24, 2.45) is 0 Å². The van der Waals surface area contributed by atoms with Crippen molar-refractivity contribution in [1.29, 1.82) is 0 Å². The van der Waals surface area contributed by atoms with Crippen molar-refractivity contribution >= 4 is 17.3 Å². The zero-order valence-corrected chi connectivity index (χ0v) is 12.7.